The SMILES string of the molecule is COc1cc(/C=N/NC(=O)Cc2cccc3c(=O)c4ccc(C)c(C)c4oc23)cc(OC)c1OC. The van der Waals surface area contributed by atoms with Crippen LogP contribution in [0.1, 0.15) is 22.3 Å². The molecule has 1 amide bonds. The second kappa shape index (κ2) is 9.89. The third kappa shape index (κ3) is 4.55. The molecule has 8 nitrogen and oxygen atoms in total. The number of aryl methyl sites for hydroxylation is 2. The van der Waals surface area contributed by atoms with Gasteiger partial charge in [0.2, 0.25) is 17.1 Å². The highest BCUT2D eigenvalue weighted by atomic mass is 16.5. The average molecular weight is 475 g/mol. The van der Waals surface area contributed by atoms with Crippen LogP contribution in [-0.2, 0) is 11.2 Å². The lowest BCUT2D eigenvalue weighted by molar-refractivity contribution is -0.120. The van der Waals surface area contributed by atoms with Gasteiger partial charge in [0, 0.05) is 11.1 Å². The highest BCUT2D eigenvalue weighted by molar-refractivity contribution is 5.94. The molecule has 180 valence electrons. The first-order valence-corrected chi connectivity index (χ1v) is 10.9. The molecule has 0 fully saturated rings. The van der Waals surface area contributed by atoms with E-state index in [1.165, 1.54) is 27.5 Å². The number of ether oxygens (including phenoxy) is 3. The zero-order chi connectivity index (χ0) is 25.1. The molecule has 0 aliphatic heterocycles. The van der Waals surface area contributed by atoms with E-state index in [0.717, 1.165) is 11.1 Å². The number of carbonyl (C=O) groups is 1. The minimum absolute atomic E-state index is 0.0107. The Morgan fingerprint density at radius 1 is 0.971 bits per heavy atom. The Morgan fingerprint density at radius 3 is 2.31 bits per heavy atom. The third-order valence-corrected chi connectivity index (χ3v) is 5.91. The van der Waals surface area contributed by atoms with Gasteiger partial charge >= 0.3 is 0 Å². The largest absolute Gasteiger partial charge is 0.493 e. The van der Waals surface area contributed by atoms with Crippen molar-refractivity contribution in [3.05, 3.63) is 74.9 Å². The quantitative estimate of drug-likeness (QED) is 0.244. The lowest BCUT2D eigenvalue weighted by Crippen LogP contribution is -2.20. The molecule has 0 saturated carbocycles. The van der Waals surface area contributed by atoms with Crippen LogP contribution in [0, 0.1) is 13.8 Å². The van der Waals surface area contributed by atoms with Crippen LogP contribution in [-0.4, -0.2) is 33.5 Å². The molecular formula is C27H26N2O6. The lowest BCUT2D eigenvalue weighted by atomic mass is 10.0. The molecule has 1 N–H and O–H groups in total. The number of hydrazone groups is 1. The Bertz CT molecular complexity index is 1500. The van der Waals surface area contributed by atoms with E-state index in [1.54, 1.807) is 36.4 Å². The van der Waals surface area contributed by atoms with Crippen LogP contribution >= 0.6 is 0 Å². The van der Waals surface area contributed by atoms with Crippen molar-refractivity contribution in [1.82, 2.24) is 5.43 Å². The van der Waals surface area contributed by atoms with Gasteiger partial charge in [-0.3, -0.25) is 9.59 Å². The van der Waals surface area contributed by atoms with Gasteiger partial charge in [-0.25, -0.2) is 5.43 Å². The first-order valence-electron chi connectivity index (χ1n) is 10.9. The van der Waals surface area contributed by atoms with E-state index in [2.05, 4.69) is 10.5 Å². The molecular weight excluding hydrogens is 448 g/mol. The Balaban J connectivity index is 1.60. The smallest absolute Gasteiger partial charge is 0.244 e. The zero-order valence-corrected chi connectivity index (χ0v) is 20.2. The fourth-order valence-electron chi connectivity index (χ4n) is 3.94. The molecule has 4 aromatic rings. The number of amides is 1. The number of benzene rings is 3. The topological polar surface area (TPSA) is 99.4 Å². The average Bonchev–Trinajstić information content (AvgIpc) is 2.86. The van der Waals surface area contributed by atoms with Crippen molar-refractivity contribution in [2.75, 3.05) is 21.3 Å². The number of nitrogens with one attached hydrogen (secondary N) is 1. The summed E-state index contributed by atoms with van der Waals surface area (Å²) in [6, 6.07) is 12.3. The summed E-state index contributed by atoms with van der Waals surface area (Å²) < 4.78 is 22.1. The van der Waals surface area contributed by atoms with Crippen molar-refractivity contribution < 1.29 is 23.4 Å². The maximum atomic E-state index is 13.1. The summed E-state index contributed by atoms with van der Waals surface area (Å²) >= 11 is 0. The molecule has 0 atom stereocenters. The molecule has 0 unspecified atom stereocenters. The van der Waals surface area contributed by atoms with E-state index >= 15 is 0 Å². The van der Waals surface area contributed by atoms with Crippen LogP contribution in [0.25, 0.3) is 21.9 Å². The molecule has 1 heterocycles. The third-order valence-electron chi connectivity index (χ3n) is 5.91. The molecule has 8 heteroatoms. The van der Waals surface area contributed by atoms with Crippen LogP contribution in [0.15, 0.2) is 56.8 Å². The highest BCUT2D eigenvalue weighted by Gasteiger charge is 2.15. The number of methoxy groups -OCH3 is 3. The fourth-order valence-corrected chi connectivity index (χ4v) is 3.94. The van der Waals surface area contributed by atoms with Gasteiger partial charge < -0.3 is 18.6 Å². The van der Waals surface area contributed by atoms with Gasteiger partial charge in [0.25, 0.3) is 0 Å². The maximum Gasteiger partial charge on any atom is 0.244 e. The van der Waals surface area contributed by atoms with Crippen molar-refractivity contribution in [3.63, 3.8) is 0 Å². The van der Waals surface area contributed by atoms with Crippen molar-refractivity contribution in [3.8, 4) is 17.2 Å². The molecule has 0 saturated heterocycles. The zero-order valence-electron chi connectivity index (χ0n) is 20.2. The number of hydrogen-bond donors (Lipinski definition) is 1. The van der Waals surface area contributed by atoms with E-state index in [1.807, 2.05) is 19.9 Å². The summed E-state index contributed by atoms with van der Waals surface area (Å²) in [6.07, 6.45) is 1.47. The number of hydrogen-bond acceptors (Lipinski definition) is 7. The van der Waals surface area contributed by atoms with Gasteiger partial charge in [-0.15, -0.1) is 0 Å². The van der Waals surface area contributed by atoms with Crippen molar-refractivity contribution in [2.45, 2.75) is 20.3 Å². The summed E-state index contributed by atoms with van der Waals surface area (Å²) in [5, 5.41) is 5.01. The Labute approximate surface area is 202 Å². The standard InChI is InChI=1S/C27H26N2O6/c1-15-9-10-20-24(31)19-8-6-7-18(26(19)35-25(20)16(15)2)13-23(30)29-28-14-17-11-21(32-3)27(34-5)22(12-17)33-4/h6-12,14H,13H2,1-5H3,(H,29,30)/b28-14+. The Morgan fingerprint density at radius 2 is 1.66 bits per heavy atom. The predicted octanol–water partition coefficient (Wildman–Crippen LogP) is 4.28. The summed E-state index contributed by atoms with van der Waals surface area (Å²) in [5.74, 6) is 1.06. The summed E-state index contributed by atoms with van der Waals surface area (Å²) in [4.78, 5) is 25.7. The Kier molecular flexibility index (Phi) is 6.73. The molecule has 1 aromatic heterocycles. The molecule has 0 radical (unpaired) electrons. The first kappa shape index (κ1) is 23.8. The van der Waals surface area contributed by atoms with E-state index in [9.17, 15) is 9.59 Å². The second-order valence-electron chi connectivity index (χ2n) is 8.04. The van der Waals surface area contributed by atoms with Crippen LogP contribution in [0.5, 0.6) is 17.2 Å². The maximum absolute atomic E-state index is 13.1. The molecule has 0 aliphatic carbocycles. The molecule has 0 bridgehead atoms. The van der Waals surface area contributed by atoms with Gasteiger partial charge in [0.1, 0.15) is 11.2 Å². The van der Waals surface area contributed by atoms with Crippen LogP contribution in [0.2, 0.25) is 0 Å². The lowest BCUT2D eigenvalue weighted by Gasteiger charge is -2.12. The number of para-hydroxylation sites is 1. The minimum Gasteiger partial charge on any atom is -0.493 e. The van der Waals surface area contributed by atoms with Gasteiger partial charge in [0.15, 0.2) is 11.5 Å². The van der Waals surface area contributed by atoms with Gasteiger partial charge in [-0.2, -0.15) is 5.10 Å². The van der Waals surface area contributed by atoms with Crippen molar-refractivity contribution in [1.29, 1.82) is 0 Å². The van der Waals surface area contributed by atoms with E-state index in [0.29, 0.717) is 50.3 Å². The predicted molar refractivity (Wildman–Crippen MR) is 135 cm³/mol. The first-order chi connectivity index (χ1) is 16.9. The van der Waals surface area contributed by atoms with Gasteiger partial charge in [0.05, 0.1) is 44.7 Å². The normalized spacial score (nSPS) is 11.2. The molecule has 3 aromatic carbocycles. The van der Waals surface area contributed by atoms with Crippen LogP contribution in [0.3, 0.4) is 0 Å². The molecule has 4 rings (SSSR count). The van der Waals surface area contributed by atoms with Gasteiger partial charge in [-0.05, 0) is 49.2 Å². The summed E-state index contributed by atoms with van der Waals surface area (Å²) in [6.45, 7) is 3.88. The molecule has 35 heavy (non-hydrogen) atoms. The van der Waals surface area contributed by atoms with Crippen LogP contribution in [0.4, 0.5) is 0 Å². The number of nitrogens with zero attached hydrogens (tertiary/aromatic N) is 1. The van der Waals surface area contributed by atoms with Crippen molar-refractivity contribution >= 4 is 34.1 Å². The van der Waals surface area contributed by atoms with Gasteiger partial charge in [-0.1, -0.05) is 18.2 Å². The number of rotatable bonds is 7. The number of fused-ring (bicyclic) bond motifs is 2. The van der Waals surface area contributed by atoms with Crippen molar-refractivity contribution in [2.24, 2.45) is 5.10 Å². The van der Waals surface area contributed by atoms with E-state index in [-0.39, 0.29) is 17.8 Å². The molecule has 0 aliphatic rings. The Hall–Kier alpha value is -4.33. The summed E-state index contributed by atoms with van der Waals surface area (Å²) in [7, 11) is 4.57. The number of carbonyl (C=O) groups excluding carboxylic acids is 1. The van der Waals surface area contributed by atoms with E-state index in [4.69, 9.17) is 18.6 Å². The molecule has 0 spiro atoms. The second-order valence-corrected chi connectivity index (χ2v) is 8.04. The van der Waals surface area contributed by atoms with Crippen LogP contribution < -0.4 is 25.1 Å². The minimum atomic E-state index is -0.357. The fraction of sp³-hybridized carbons (Fsp3) is 0.222. The van der Waals surface area contributed by atoms with E-state index < -0.39 is 0 Å². The summed E-state index contributed by atoms with van der Waals surface area (Å²) in [5.41, 5.74) is 6.51. The monoisotopic (exact) mass is 474 g/mol. The highest BCUT2D eigenvalue weighted by Crippen LogP contribution is 2.37.